The number of aryl methyl sites for hydroxylation is 1. The van der Waals surface area contributed by atoms with Crippen LogP contribution >= 0.6 is 0 Å². The monoisotopic (exact) mass is 327 g/mol. The minimum atomic E-state index is -3.41. The Hall–Kier alpha value is -1.02. The molecule has 1 fully saturated rings. The number of aromatic nitrogens is 1. The zero-order valence-electron chi connectivity index (χ0n) is 13.5. The van der Waals surface area contributed by atoms with Crippen LogP contribution in [0.3, 0.4) is 0 Å². The van der Waals surface area contributed by atoms with E-state index < -0.39 is 10.2 Å². The van der Waals surface area contributed by atoms with E-state index >= 15 is 0 Å². The Morgan fingerprint density at radius 1 is 1.41 bits per heavy atom. The summed E-state index contributed by atoms with van der Waals surface area (Å²) in [5, 5.41) is 0. The molecule has 2 rings (SSSR count). The van der Waals surface area contributed by atoms with E-state index in [0.29, 0.717) is 32.2 Å². The predicted octanol–water partition coefficient (Wildman–Crippen LogP) is 1.43. The van der Waals surface area contributed by atoms with Crippen LogP contribution in [0.25, 0.3) is 0 Å². The third-order valence-electron chi connectivity index (χ3n) is 4.06. The summed E-state index contributed by atoms with van der Waals surface area (Å²) >= 11 is 0. The van der Waals surface area contributed by atoms with Crippen LogP contribution in [0.15, 0.2) is 18.3 Å². The lowest BCUT2D eigenvalue weighted by Crippen LogP contribution is -2.45. The first-order valence-corrected chi connectivity index (χ1v) is 8.95. The summed E-state index contributed by atoms with van der Waals surface area (Å²) in [4.78, 5) is 4.13. The molecule has 0 saturated carbocycles. The molecule has 2 heterocycles. The molecule has 0 radical (unpaired) electrons. The predicted molar refractivity (Wildman–Crippen MR) is 85.5 cm³/mol. The molecular weight excluding hydrogens is 302 g/mol. The Bertz CT molecular complexity index is 583. The number of hydrogen-bond donors (Lipinski definition) is 0. The SMILES string of the molecule is COCC1CCN(S(=O)(=O)N(C)Cc2ccnc(C)c2)CC1. The molecule has 1 saturated heterocycles. The Morgan fingerprint density at radius 3 is 2.68 bits per heavy atom. The van der Waals surface area contributed by atoms with Crippen LogP contribution < -0.4 is 0 Å². The number of piperidine rings is 1. The van der Waals surface area contributed by atoms with E-state index in [1.54, 1.807) is 24.7 Å². The largest absolute Gasteiger partial charge is 0.384 e. The highest BCUT2D eigenvalue weighted by molar-refractivity contribution is 7.86. The Labute approximate surface area is 133 Å². The summed E-state index contributed by atoms with van der Waals surface area (Å²) in [5.41, 5.74) is 1.84. The van der Waals surface area contributed by atoms with E-state index in [0.717, 1.165) is 24.1 Å². The van der Waals surface area contributed by atoms with Gasteiger partial charge in [0.1, 0.15) is 0 Å². The molecule has 0 aliphatic carbocycles. The summed E-state index contributed by atoms with van der Waals surface area (Å²) < 4.78 is 33.4. The zero-order valence-corrected chi connectivity index (χ0v) is 14.3. The second-order valence-electron chi connectivity index (χ2n) is 5.87. The van der Waals surface area contributed by atoms with Crippen molar-refractivity contribution in [2.24, 2.45) is 5.92 Å². The van der Waals surface area contributed by atoms with E-state index in [1.807, 2.05) is 19.1 Å². The van der Waals surface area contributed by atoms with Gasteiger partial charge in [0, 0.05) is 52.3 Å². The van der Waals surface area contributed by atoms with Crippen LogP contribution in [-0.2, 0) is 21.5 Å². The first-order valence-electron chi connectivity index (χ1n) is 7.55. The average molecular weight is 327 g/mol. The molecule has 1 aromatic rings. The molecule has 124 valence electrons. The first-order chi connectivity index (χ1) is 10.4. The van der Waals surface area contributed by atoms with Gasteiger partial charge in [-0.05, 0) is 43.4 Å². The van der Waals surface area contributed by atoms with Crippen molar-refractivity contribution in [3.63, 3.8) is 0 Å². The van der Waals surface area contributed by atoms with Crippen LogP contribution in [0, 0.1) is 12.8 Å². The molecule has 0 N–H and O–H groups in total. The van der Waals surface area contributed by atoms with Crippen molar-refractivity contribution in [2.45, 2.75) is 26.3 Å². The first kappa shape index (κ1) is 17.3. The van der Waals surface area contributed by atoms with Crippen molar-refractivity contribution in [1.29, 1.82) is 0 Å². The summed E-state index contributed by atoms with van der Waals surface area (Å²) in [7, 11) is -0.0866. The summed E-state index contributed by atoms with van der Waals surface area (Å²) in [5.74, 6) is 0.463. The number of nitrogens with zero attached hydrogens (tertiary/aromatic N) is 3. The van der Waals surface area contributed by atoms with Gasteiger partial charge in [-0.2, -0.15) is 17.0 Å². The summed E-state index contributed by atoms with van der Waals surface area (Å²) in [6.07, 6.45) is 3.42. The molecule has 0 aromatic carbocycles. The lowest BCUT2D eigenvalue weighted by molar-refractivity contribution is 0.120. The minimum absolute atomic E-state index is 0.365. The van der Waals surface area contributed by atoms with E-state index in [2.05, 4.69) is 4.98 Å². The van der Waals surface area contributed by atoms with Crippen molar-refractivity contribution < 1.29 is 13.2 Å². The zero-order chi connectivity index (χ0) is 16.2. The van der Waals surface area contributed by atoms with Crippen molar-refractivity contribution >= 4 is 10.2 Å². The summed E-state index contributed by atoms with van der Waals surface area (Å²) in [6.45, 7) is 4.11. The molecule has 0 bridgehead atoms. The third kappa shape index (κ3) is 4.25. The Balaban J connectivity index is 1.98. The highest BCUT2D eigenvalue weighted by atomic mass is 32.2. The standard InChI is InChI=1S/C15H25N3O3S/c1-13-10-15(4-7-16-13)11-17(2)22(19,20)18-8-5-14(6-9-18)12-21-3/h4,7,10,14H,5-6,8-9,11-12H2,1-3H3. The van der Waals surface area contributed by atoms with E-state index in [9.17, 15) is 8.42 Å². The molecule has 0 amide bonds. The average Bonchev–Trinajstić information content (AvgIpc) is 2.48. The maximum atomic E-state index is 12.6. The maximum absolute atomic E-state index is 12.6. The van der Waals surface area contributed by atoms with Crippen LogP contribution in [0.4, 0.5) is 0 Å². The van der Waals surface area contributed by atoms with Gasteiger partial charge >= 0.3 is 0 Å². The number of methoxy groups -OCH3 is 1. The van der Waals surface area contributed by atoms with E-state index in [1.165, 1.54) is 4.31 Å². The number of ether oxygens (including phenoxy) is 1. The van der Waals surface area contributed by atoms with Crippen molar-refractivity contribution in [3.05, 3.63) is 29.6 Å². The van der Waals surface area contributed by atoms with Crippen molar-refractivity contribution in [3.8, 4) is 0 Å². The van der Waals surface area contributed by atoms with Gasteiger partial charge in [0.15, 0.2) is 0 Å². The molecule has 0 unspecified atom stereocenters. The fourth-order valence-electron chi connectivity index (χ4n) is 2.78. The number of rotatable bonds is 6. The fraction of sp³-hybridized carbons (Fsp3) is 0.667. The van der Waals surface area contributed by atoms with Gasteiger partial charge in [-0.3, -0.25) is 4.98 Å². The lowest BCUT2D eigenvalue weighted by atomic mass is 9.99. The van der Waals surface area contributed by atoms with Crippen LogP contribution in [0.5, 0.6) is 0 Å². The summed E-state index contributed by atoms with van der Waals surface area (Å²) in [6, 6.07) is 3.76. The van der Waals surface area contributed by atoms with Crippen molar-refractivity contribution in [2.75, 3.05) is 33.9 Å². The lowest BCUT2D eigenvalue weighted by Gasteiger charge is -2.33. The molecule has 1 aliphatic rings. The topological polar surface area (TPSA) is 62.7 Å². The molecule has 1 aliphatic heterocycles. The minimum Gasteiger partial charge on any atom is -0.384 e. The normalized spacial score (nSPS) is 18.0. The molecular formula is C15H25N3O3S. The van der Waals surface area contributed by atoms with Gasteiger partial charge in [0.05, 0.1) is 0 Å². The smallest absolute Gasteiger partial charge is 0.282 e. The van der Waals surface area contributed by atoms with Crippen LogP contribution in [0.1, 0.15) is 24.1 Å². The fourth-order valence-corrected chi connectivity index (χ4v) is 4.16. The van der Waals surface area contributed by atoms with Gasteiger partial charge in [0.25, 0.3) is 10.2 Å². The van der Waals surface area contributed by atoms with Gasteiger partial charge in [0.2, 0.25) is 0 Å². The van der Waals surface area contributed by atoms with Gasteiger partial charge in [-0.15, -0.1) is 0 Å². The quantitative estimate of drug-likeness (QED) is 0.793. The molecule has 22 heavy (non-hydrogen) atoms. The molecule has 6 nitrogen and oxygen atoms in total. The third-order valence-corrected chi connectivity index (χ3v) is 6.00. The second-order valence-corrected chi connectivity index (χ2v) is 7.90. The number of pyridine rings is 1. The molecule has 0 atom stereocenters. The Morgan fingerprint density at radius 2 is 2.09 bits per heavy atom. The molecule has 1 aromatic heterocycles. The van der Waals surface area contributed by atoms with Gasteiger partial charge in [-0.25, -0.2) is 0 Å². The maximum Gasteiger partial charge on any atom is 0.282 e. The second kappa shape index (κ2) is 7.50. The number of hydrogen-bond acceptors (Lipinski definition) is 4. The molecule has 0 spiro atoms. The van der Waals surface area contributed by atoms with Crippen LogP contribution in [-0.4, -0.2) is 55.9 Å². The van der Waals surface area contributed by atoms with Crippen LogP contribution in [0.2, 0.25) is 0 Å². The van der Waals surface area contributed by atoms with Gasteiger partial charge in [-0.1, -0.05) is 0 Å². The van der Waals surface area contributed by atoms with Gasteiger partial charge < -0.3 is 4.74 Å². The van der Waals surface area contributed by atoms with E-state index in [-0.39, 0.29) is 0 Å². The highest BCUT2D eigenvalue weighted by Gasteiger charge is 2.31. The highest BCUT2D eigenvalue weighted by Crippen LogP contribution is 2.21. The Kier molecular flexibility index (Phi) is 5.91. The van der Waals surface area contributed by atoms with Crippen molar-refractivity contribution in [1.82, 2.24) is 13.6 Å². The van der Waals surface area contributed by atoms with E-state index in [4.69, 9.17) is 4.74 Å². The molecule has 7 heteroatoms.